The van der Waals surface area contributed by atoms with Gasteiger partial charge >= 0.3 is 0 Å². The van der Waals surface area contributed by atoms with E-state index in [9.17, 15) is 0 Å². The second-order valence-electron chi connectivity index (χ2n) is 4.22. The van der Waals surface area contributed by atoms with Crippen molar-refractivity contribution in [2.45, 2.75) is 46.0 Å². The highest BCUT2D eigenvalue weighted by Crippen LogP contribution is 2.07. The number of methoxy groups -OCH3 is 1. The molecule has 0 atom stereocenters. The fraction of sp³-hybridized carbons (Fsp3) is 0.769. The summed E-state index contributed by atoms with van der Waals surface area (Å²) in [5.74, 6) is 0.649. The Morgan fingerprint density at radius 2 is 1.78 bits per heavy atom. The number of rotatable bonds is 9. The van der Waals surface area contributed by atoms with Crippen LogP contribution in [0.5, 0.6) is 0 Å². The van der Waals surface area contributed by atoms with Crippen LogP contribution < -0.4 is 5.32 Å². The van der Waals surface area contributed by atoms with Crippen LogP contribution in [0.15, 0.2) is 0 Å². The van der Waals surface area contributed by atoms with E-state index in [2.05, 4.69) is 34.3 Å². The SMILES string of the molecule is CCc1nnc(NCCCCCOC)nc1CC. The number of unbranched alkanes of at least 4 members (excludes halogenated alkanes) is 2. The summed E-state index contributed by atoms with van der Waals surface area (Å²) in [5, 5.41) is 11.5. The topological polar surface area (TPSA) is 59.9 Å². The van der Waals surface area contributed by atoms with Crippen molar-refractivity contribution in [1.82, 2.24) is 15.2 Å². The fourth-order valence-corrected chi connectivity index (χ4v) is 1.76. The van der Waals surface area contributed by atoms with Gasteiger partial charge in [-0.3, -0.25) is 0 Å². The minimum Gasteiger partial charge on any atom is -0.385 e. The maximum absolute atomic E-state index is 5.01. The molecule has 0 aromatic carbocycles. The number of ether oxygens (including phenoxy) is 1. The van der Waals surface area contributed by atoms with Crippen molar-refractivity contribution in [3.8, 4) is 0 Å². The molecule has 1 aromatic heterocycles. The van der Waals surface area contributed by atoms with Gasteiger partial charge in [0.25, 0.3) is 0 Å². The van der Waals surface area contributed by atoms with E-state index in [-0.39, 0.29) is 0 Å². The van der Waals surface area contributed by atoms with Crippen molar-refractivity contribution in [2.75, 3.05) is 25.6 Å². The van der Waals surface area contributed by atoms with E-state index in [1.165, 1.54) is 0 Å². The first-order chi connectivity index (χ1) is 8.81. The Bertz CT molecular complexity index is 344. The van der Waals surface area contributed by atoms with Crippen molar-refractivity contribution in [3.63, 3.8) is 0 Å². The molecule has 0 unspecified atom stereocenters. The average Bonchev–Trinajstić information content (AvgIpc) is 2.42. The highest BCUT2D eigenvalue weighted by atomic mass is 16.5. The first kappa shape index (κ1) is 14.8. The molecule has 18 heavy (non-hydrogen) atoms. The van der Waals surface area contributed by atoms with Gasteiger partial charge in [0.2, 0.25) is 5.95 Å². The second-order valence-corrected chi connectivity index (χ2v) is 4.22. The van der Waals surface area contributed by atoms with Gasteiger partial charge in [-0.1, -0.05) is 13.8 Å². The minimum absolute atomic E-state index is 0.649. The van der Waals surface area contributed by atoms with Gasteiger partial charge in [0, 0.05) is 20.3 Å². The van der Waals surface area contributed by atoms with Crippen LogP contribution in [0, 0.1) is 0 Å². The monoisotopic (exact) mass is 252 g/mol. The van der Waals surface area contributed by atoms with Gasteiger partial charge < -0.3 is 10.1 Å². The molecule has 0 bridgehead atoms. The van der Waals surface area contributed by atoms with Crippen LogP contribution >= 0.6 is 0 Å². The molecule has 0 saturated heterocycles. The summed E-state index contributed by atoms with van der Waals surface area (Å²) < 4.78 is 5.01. The molecule has 5 nitrogen and oxygen atoms in total. The minimum atomic E-state index is 0.649. The van der Waals surface area contributed by atoms with Gasteiger partial charge in [0.05, 0.1) is 11.4 Å². The van der Waals surface area contributed by atoms with Crippen molar-refractivity contribution < 1.29 is 4.74 Å². The molecule has 102 valence electrons. The fourth-order valence-electron chi connectivity index (χ4n) is 1.76. The number of nitrogens with zero attached hydrogens (tertiary/aromatic N) is 3. The molecule has 0 saturated carbocycles. The standard InChI is InChI=1S/C13H24N4O/c1-4-11-12(5-2)16-17-13(15-11)14-9-7-6-8-10-18-3/h4-10H2,1-3H3,(H,14,15,17). The Kier molecular flexibility index (Phi) is 7.25. The van der Waals surface area contributed by atoms with E-state index in [0.29, 0.717) is 5.95 Å². The Morgan fingerprint density at radius 3 is 2.44 bits per heavy atom. The maximum atomic E-state index is 5.01. The summed E-state index contributed by atoms with van der Waals surface area (Å²) in [6.07, 6.45) is 5.15. The Hall–Kier alpha value is -1.23. The zero-order chi connectivity index (χ0) is 13.2. The third-order valence-corrected chi connectivity index (χ3v) is 2.82. The number of hydrogen-bond acceptors (Lipinski definition) is 5. The third-order valence-electron chi connectivity index (χ3n) is 2.82. The zero-order valence-corrected chi connectivity index (χ0v) is 11.7. The van der Waals surface area contributed by atoms with Crippen molar-refractivity contribution in [3.05, 3.63) is 11.4 Å². The first-order valence-corrected chi connectivity index (χ1v) is 6.77. The molecule has 0 aliphatic heterocycles. The van der Waals surface area contributed by atoms with E-state index in [4.69, 9.17) is 4.74 Å². The number of anilines is 1. The van der Waals surface area contributed by atoms with Crippen LogP contribution in [-0.2, 0) is 17.6 Å². The van der Waals surface area contributed by atoms with Crippen molar-refractivity contribution in [1.29, 1.82) is 0 Å². The summed E-state index contributed by atoms with van der Waals surface area (Å²) in [7, 11) is 1.74. The summed E-state index contributed by atoms with van der Waals surface area (Å²) >= 11 is 0. The first-order valence-electron chi connectivity index (χ1n) is 6.77. The van der Waals surface area contributed by atoms with E-state index in [1.807, 2.05) is 0 Å². The molecule has 5 heteroatoms. The largest absolute Gasteiger partial charge is 0.385 e. The molecule has 0 aliphatic carbocycles. The van der Waals surface area contributed by atoms with Crippen LogP contribution in [0.3, 0.4) is 0 Å². The zero-order valence-electron chi connectivity index (χ0n) is 11.7. The number of nitrogens with one attached hydrogen (secondary N) is 1. The van der Waals surface area contributed by atoms with E-state index < -0.39 is 0 Å². The molecule has 0 radical (unpaired) electrons. The van der Waals surface area contributed by atoms with E-state index >= 15 is 0 Å². The number of aryl methyl sites for hydroxylation is 2. The Morgan fingerprint density at radius 1 is 1.00 bits per heavy atom. The molecule has 1 rings (SSSR count). The highest BCUT2D eigenvalue weighted by Gasteiger charge is 2.05. The third kappa shape index (κ3) is 4.96. The number of hydrogen-bond donors (Lipinski definition) is 1. The van der Waals surface area contributed by atoms with Gasteiger partial charge in [-0.25, -0.2) is 4.98 Å². The van der Waals surface area contributed by atoms with Gasteiger partial charge in [-0.2, -0.15) is 5.10 Å². The predicted molar refractivity (Wildman–Crippen MR) is 72.8 cm³/mol. The molecular weight excluding hydrogens is 228 g/mol. The quantitative estimate of drug-likeness (QED) is 0.683. The lowest BCUT2D eigenvalue weighted by Gasteiger charge is -2.07. The molecule has 0 fully saturated rings. The normalized spacial score (nSPS) is 10.6. The van der Waals surface area contributed by atoms with Crippen molar-refractivity contribution in [2.24, 2.45) is 0 Å². The van der Waals surface area contributed by atoms with Gasteiger partial charge in [-0.15, -0.1) is 5.10 Å². The van der Waals surface area contributed by atoms with Crippen LogP contribution in [0.25, 0.3) is 0 Å². The van der Waals surface area contributed by atoms with Crippen LogP contribution in [0.2, 0.25) is 0 Å². The average molecular weight is 252 g/mol. The summed E-state index contributed by atoms with van der Waals surface area (Å²) in [6, 6.07) is 0. The lowest BCUT2D eigenvalue weighted by atomic mass is 10.2. The van der Waals surface area contributed by atoms with Gasteiger partial charge in [-0.05, 0) is 32.1 Å². The molecular formula is C13H24N4O. The lowest BCUT2D eigenvalue weighted by molar-refractivity contribution is 0.192. The van der Waals surface area contributed by atoms with E-state index in [0.717, 1.165) is 56.6 Å². The number of aromatic nitrogens is 3. The molecule has 1 aromatic rings. The Labute approximate surface area is 109 Å². The summed E-state index contributed by atoms with van der Waals surface area (Å²) in [6.45, 7) is 5.90. The Balaban J connectivity index is 2.34. The molecule has 0 aliphatic rings. The molecule has 1 heterocycles. The van der Waals surface area contributed by atoms with Crippen LogP contribution in [-0.4, -0.2) is 35.4 Å². The van der Waals surface area contributed by atoms with E-state index in [1.54, 1.807) is 7.11 Å². The summed E-state index contributed by atoms with van der Waals surface area (Å²) in [4.78, 5) is 4.49. The molecule has 1 N–H and O–H groups in total. The predicted octanol–water partition coefficient (Wildman–Crippen LogP) is 2.22. The van der Waals surface area contributed by atoms with Crippen LogP contribution in [0.1, 0.15) is 44.5 Å². The second kappa shape index (κ2) is 8.80. The van der Waals surface area contributed by atoms with Crippen LogP contribution in [0.4, 0.5) is 5.95 Å². The maximum Gasteiger partial charge on any atom is 0.242 e. The van der Waals surface area contributed by atoms with Crippen molar-refractivity contribution >= 4 is 5.95 Å². The highest BCUT2D eigenvalue weighted by molar-refractivity contribution is 5.25. The van der Waals surface area contributed by atoms with Gasteiger partial charge in [0.15, 0.2) is 0 Å². The molecule has 0 amide bonds. The summed E-state index contributed by atoms with van der Waals surface area (Å²) in [5.41, 5.74) is 2.05. The molecule has 0 spiro atoms. The smallest absolute Gasteiger partial charge is 0.242 e. The van der Waals surface area contributed by atoms with Gasteiger partial charge in [0.1, 0.15) is 0 Å². The lowest BCUT2D eigenvalue weighted by Crippen LogP contribution is -2.10.